The molecular weight excluding hydrogens is 370 g/mol. The Kier molecular flexibility index (Phi) is 12.4. The third kappa shape index (κ3) is 14.8. The van der Waals surface area contributed by atoms with Gasteiger partial charge in [0, 0.05) is 19.4 Å². The lowest BCUT2D eigenvalue weighted by Crippen LogP contribution is -2.25. The topological polar surface area (TPSA) is 213 Å². The van der Waals surface area contributed by atoms with Gasteiger partial charge in [0.15, 0.2) is 5.96 Å². The third-order valence-electron chi connectivity index (χ3n) is 3.26. The van der Waals surface area contributed by atoms with Crippen molar-refractivity contribution in [1.29, 1.82) is 0 Å². The lowest BCUT2D eigenvalue weighted by Gasteiger charge is -2.15. The van der Waals surface area contributed by atoms with Crippen LogP contribution in [-0.2, 0) is 24.0 Å². The molecule has 0 fully saturated rings. The van der Waals surface area contributed by atoms with Gasteiger partial charge in [-0.1, -0.05) is 0 Å². The number of ether oxygens (including phenoxy) is 1. The number of ketones is 1. The molecule has 0 saturated carbocycles. The summed E-state index contributed by atoms with van der Waals surface area (Å²) < 4.78 is 4.84. The van der Waals surface area contributed by atoms with Crippen LogP contribution in [0.4, 0.5) is 0 Å². The van der Waals surface area contributed by atoms with Gasteiger partial charge < -0.3 is 25.9 Å². The summed E-state index contributed by atoms with van der Waals surface area (Å²) in [6, 6.07) is 0. The first kappa shape index (κ1) is 23.8. The summed E-state index contributed by atoms with van der Waals surface area (Å²) >= 11 is 0. The highest BCUT2D eigenvalue weighted by atomic mass is 17.0. The predicted molar refractivity (Wildman–Crippen MR) is 89.1 cm³/mol. The van der Waals surface area contributed by atoms with Gasteiger partial charge in [0.1, 0.15) is 24.6 Å². The van der Waals surface area contributed by atoms with Gasteiger partial charge in [0.25, 0.3) is 16.6 Å². The second-order valence-corrected chi connectivity index (χ2v) is 5.41. The minimum Gasteiger partial charge on any atom is -0.464 e. The average Bonchev–Trinajstić information content (AvgIpc) is 2.55. The zero-order valence-corrected chi connectivity index (χ0v) is 14.6. The van der Waals surface area contributed by atoms with Crippen LogP contribution >= 0.6 is 0 Å². The fourth-order valence-electron chi connectivity index (χ4n) is 2.14. The summed E-state index contributed by atoms with van der Waals surface area (Å²) in [6.07, 6.45) is -0.737. The van der Waals surface area contributed by atoms with E-state index < -0.39 is 29.0 Å². The third-order valence-corrected chi connectivity index (χ3v) is 3.26. The van der Waals surface area contributed by atoms with Crippen LogP contribution in [0.25, 0.3) is 0 Å². The van der Waals surface area contributed by atoms with Crippen molar-refractivity contribution in [2.24, 2.45) is 16.5 Å². The van der Waals surface area contributed by atoms with Crippen molar-refractivity contribution in [3.05, 3.63) is 20.2 Å². The fraction of sp³-hybridized carbons (Fsp3) is 0.769. The molecule has 0 aromatic rings. The van der Waals surface area contributed by atoms with Crippen molar-refractivity contribution in [2.75, 3.05) is 13.2 Å². The van der Waals surface area contributed by atoms with Crippen molar-refractivity contribution >= 4 is 18.2 Å². The first-order valence-corrected chi connectivity index (χ1v) is 7.99. The normalized spacial score (nSPS) is 12.3. The van der Waals surface area contributed by atoms with Gasteiger partial charge >= 0.3 is 0 Å². The summed E-state index contributed by atoms with van der Waals surface area (Å²) in [5.74, 6) is -0.301. The highest BCUT2D eigenvalue weighted by molar-refractivity contribution is 5.79. The van der Waals surface area contributed by atoms with Gasteiger partial charge in [0.2, 0.25) is 0 Å². The van der Waals surface area contributed by atoms with Crippen LogP contribution in [0.15, 0.2) is 4.99 Å². The van der Waals surface area contributed by atoms with Gasteiger partial charge in [-0.3, -0.25) is 14.6 Å². The molecular formula is C13H23N5O9. The Morgan fingerprint density at radius 2 is 1.78 bits per heavy atom. The maximum Gasteiger partial charge on any atom is 0.294 e. The molecule has 0 aliphatic heterocycles. The van der Waals surface area contributed by atoms with Crippen molar-refractivity contribution in [1.82, 2.24) is 0 Å². The number of hydrogen-bond donors (Lipinski definition) is 2. The molecule has 14 heteroatoms. The SMILES string of the molecule is NC(N)=NCCCC(CC(=O)CCCC(CO[N+](=O)[O-])O[N+](=O)[O-])OC=O. The van der Waals surface area contributed by atoms with Crippen molar-refractivity contribution < 1.29 is 34.2 Å². The molecule has 0 heterocycles. The minimum atomic E-state index is -1.17. The Bertz CT molecular complexity index is 524. The van der Waals surface area contributed by atoms with E-state index in [0.29, 0.717) is 19.4 Å². The molecule has 14 nitrogen and oxygen atoms in total. The summed E-state index contributed by atoms with van der Waals surface area (Å²) in [6.45, 7) is -0.0517. The molecule has 4 N–H and O–H groups in total. The maximum absolute atomic E-state index is 12.0. The van der Waals surface area contributed by atoms with Crippen molar-refractivity contribution in [3.63, 3.8) is 0 Å². The monoisotopic (exact) mass is 393 g/mol. The van der Waals surface area contributed by atoms with Crippen LogP contribution in [0.1, 0.15) is 38.5 Å². The van der Waals surface area contributed by atoms with Gasteiger partial charge in [-0.25, -0.2) is 0 Å². The molecule has 0 radical (unpaired) electrons. The Hall–Kier alpha value is -3.19. The number of aliphatic imine (C=N–C) groups is 1. The molecule has 0 bridgehead atoms. The molecule has 0 rings (SSSR count). The van der Waals surface area contributed by atoms with Gasteiger partial charge in [-0.05, 0) is 25.7 Å². The summed E-state index contributed by atoms with van der Waals surface area (Å²) in [5.41, 5.74) is 10.4. The van der Waals surface area contributed by atoms with Crippen LogP contribution in [-0.4, -0.2) is 53.7 Å². The number of nitrogens with zero attached hydrogens (tertiary/aromatic N) is 3. The zero-order valence-electron chi connectivity index (χ0n) is 14.6. The number of carbonyl (C=O) groups is 2. The van der Waals surface area contributed by atoms with E-state index in [4.69, 9.17) is 16.2 Å². The molecule has 0 aromatic carbocycles. The predicted octanol–water partition coefficient (Wildman–Crippen LogP) is -0.504. The highest BCUT2D eigenvalue weighted by Crippen LogP contribution is 2.12. The number of carbonyl (C=O) groups excluding carboxylic acids is 2. The quantitative estimate of drug-likeness (QED) is 0.0801. The Balaban J connectivity index is 4.28. The van der Waals surface area contributed by atoms with Gasteiger partial charge in [-0.15, -0.1) is 20.2 Å². The standard InChI is InChI=1S/C13H23N5O9/c14-13(15)16-6-2-5-11(25-9-19)7-10(20)3-1-4-12(27-18(23)24)8-26-17(21)22/h9,11-12H,1-8H2,(H4,14,15,16). The highest BCUT2D eigenvalue weighted by Gasteiger charge is 2.18. The Labute approximate surface area is 154 Å². The molecule has 2 unspecified atom stereocenters. The van der Waals surface area contributed by atoms with Gasteiger partial charge in [0.05, 0.1) is 0 Å². The van der Waals surface area contributed by atoms with E-state index in [1.165, 1.54) is 0 Å². The first-order chi connectivity index (χ1) is 12.7. The van der Waals surface area contributed by atoms with Crippen LogP contribution < -0.4 is 11.5 Å². The molecule has 0 aliphatic rings. The van der Waals surface area contributed by atoms with Crippen molar-refractivity contribution in [2.45, 2.75) is 50.7 Å². The van der Waals surface area contributed by atoms with E-state index in [2.05, 4.69) is 14.7 Å². The fourth-order valence-corrected chi connectivity index (χ4v) is 2.14. The molecule has 0 spiro atoms. The van der Waals surface area contributed by atoms with Crippen LogP contribution in [0.2, 0.25) is 0 Å². The number of guanidine groups is 1. The largest absolute Gasteiger partial charge is 0.464 e. The number of hydrogen-bond acceptors (Lipinski definition) is 10. The van der Waals surface area contributed by atoms with E-state index in [0.717, 1.165) is 0 Å². The molecule has 154 valence electrons. The molecule has 0 saturated heterocycles. The molecule has 27 heavy (non-hydrogen) atoms. The molecule has 2 atom stereocenters. The Morgan fingerprint density at radius 1 is 1.11 bits per heavy atom. The van der Waals surface area contributed by atoms with E-state index in [1.54, 1.807) is 0 Å². The van der Waals surface area contributed by atoms with Crippen LogP contribution in [0.3, 0.4) is 0 Å². The zero-order chi connectivity index (χ0) is 20.7. The van der Waals surface area contributed by atoms with E-state index >= 15 is 0 Å². The molecule has 0 amide bonds. The summed E-state index contributed by atoms with van der Waals surface area (Å²) in [4.78, 5) is 55.1. The first-order valence-electron chi connectivity index (χ1n) is 7.99. The molecule has 0 aliphatic carbocycles. The van der Waals surface area contributed by atoms with E-state index in [1.807, 2.05) is 0 Å². The van der Waals surface area contributed by atoms with Crippen LogP contribution in [0.5, 0.6) is 0 Å². The van der Waals surface area contributed by atoms with E-state index in [-0.39, 0.29) is 43.9 Å². The molecule has 0 aromatic heterocycles. The lowest BCUT2D eigenvalue weighted by atomic mass is 10.0. The average molecular weight is 393 g/mol. The van der Waals surface area contributed by atoms with Crippen LogP contribution in [0, 0.1) is 20.2 Å². The second-order valence-electron chi connectivity index (χ2n) is 5.41. The number of Topliss-reactive ketones (excluding diaryl/α,β-unsaturated/α-hetero) is 1. The lowest BCUT2D eigenvalue weighted by molar-refractivity contribution is -0.790. The van der Waals surface area contributed by atoms with Gasteiger partial charge in [-0.2, -0.15) is 0 Å². The summed E-state index contributed by atoms with van der Waals surface area (Å²) in [7, 11) is 0. The number of rotatable bonds is 17. The van der Waals surface area contributed by atoms with E-state index in [9.17, 15) is 29.8 Å². The summed E-state index contributed by atoms with van der Waals surface area (Å²) in [5, 5.41) is 18.3. The van der Waals surface area contributed by atoms with Crippen molar-refractivity contribution in [3.8, 4) is 0 Å². The Morgan fingerprint density at radius 3 is 2.33 bits per heavy atom. The number of nitrogens with two attached hydrogens (primary N) is 2. The maximum atomic E-state index is 12.0. The smallest absolute Gasteiger partial charge is 0.294 e. The second kappa shape index (κ2) is 14.0. The minimum absolute atomic E-state index is 0.00422.